The molecule has 0 radical (unpaired) electrons. The quantitative estimate of drug-likeness (QED) is 0.704. The number of alkyl halides is 3. The van der Waals surface area contributed by atoms with Gasteiger partial charge in [-0.15, -0.1) is 0 Å². The van der Waals surface area contributed by atoms with Crippen LogP contribution in [0.4, 0.5) is 13.2 Å². The van der Waals surface area contributed by atoms with Gasteiger partial charge >= 0.3 is 6.18 Å². The Morgan fingerprint density at radius 1 is 1.25 bits per heavy atom. The van der Waals surface area contributed by atoms with Crippen LogP contribution >= 0.6 is 0 Å². The van der Waals surface area contributed by atoms with Crippen molar-refractivity contribution in [3.63, 3.8) is 0 Å². The Morgan fingerprint density at radius 2 is 1.79 bits per heavy atom. The number of halogens is 3. The molecule has 0 aliphatic carbocycles. The number of nitrogens with two attached hydrogens (primary N) is 1. The van der Waals surface area contributed by atoms with E-state index in [1.54, 1.807) is 13.8 Å². The minimum absolute atomic E-state index is 0.106. The van der Waals surface area contributed by atoms with Crippen molar-refractivity contribution in [2.24, 2.45) is 5.73 Å². The van der Waals surface area contributed by atoms with Crippen LogP contribution in [0, 0.1) is 0 Å². The van der Waals surface area contributed by atoms with E-state index in [4.69, 9.17) is 5.73 Å². The highest BCUT2D eigenvalue weighted by atomic mass is 32.2. The lowest BCUT2D eigenvalue weighted by Crippen LogP contribution is -2.55. The molecule has 1 unspecified atom stereocenters. The van der Waals surface area contributed by atoms with Crippen molar-refractivity contribution in [2.45, 2.75) is 43.4 Å². The summed E-state index contributed by atoms with van der Waals surface area (Å²) in [6, 6.07) is 2.48. The zero-order valence-electron chi connectivity index (χ0n) is 13.4. The van der Waals surface area contributed by atoms with Crippen molar-refractivity contribution in [3.8, 4) is 0 Å². The number of carbonyl (C=O) groups excluding carboxylic acids is 1. The topological polar surface area (TPSA) is 101 Å². The number of nitrogens with one attached hydrogen (secondary N) is 2. The molecule has 0 heterocycles. The molecular weight excluding hydrogens is 347 g/mol. The molecule has 0 bridgehead atoms. The Morgan fingerprint density at radius 3 is 2.29 bits per heavy atom. The van der Waals surface area contributed by atoms with Gasteiger partial charge < -0.3 is 11.1 Å². The van der Waals surface area contributed by atoms with E-state index in [9.17, 15) is 26.4 Å². The molecule has 0 aliphatic rings. The van der Waals surface area contributed by atoms with E-state index in [1.165, 1.54) is 13.0 Å². The lowest BCUT2D eigenvalue weighted by atomic mass is 10.1. The van der Waals surface area contributed by atoms with Crippen molar-refractivity contribution in [1.29, 1.82) is 0 Å². The maximum Gasteiger partial charge on any atom is 0.417 e. The highest BCUT2D eigenvalue weighted by molar-refractivity contribution is 7.89. The summed E-state index contributed by atoms with van der Waals surface area (Å²) in [5.74, 6) is -0.696. The average Bonchev–Trinajstić information content (AvgIpc) is 2.45. The summed E-state index contributed by atoms with van der Waals surface area (Å²) in [6.07, 6.45) is -4.83. The molecule has 4 N–H and O–H groups in total. The van der Waals surface area contributed by atoms with E-state index in [1.807, 2.05) is 4.72 Å². The number of carbonyl (C=O) groups is 1. The molecule has 0 aromatic heterocycles. The molecule has 136 valence electrons. The summed E-state index contributed by atoms with van der Waals surface area (Å²) in [6.45, 7) is 4.60. The third-order valence-electron chi connectivity index (χ3n) is 3.18. The maximum atomic E-state index is 13.0. The van der Waals surface area contributed by atoms with Crippen LogP contribution in [0.3, 0.4) is 0 Å². The molecule has 0 fully saturated rings. The van der Waals surface area contributed by atoms with Crippen molar-refractivity contribution in [2.75, 3.05) is 6.54 Å². The van der Waals surface area contributed by atoms with E-state index < -0.39 is 44.1 Å². The second-order valence-electron chi connectivity index (χ2n) is 5.91. The molecule has 24 heavy (non-hydrogen) atoms. The van der Waals surface area contributed by atoms with E-state index in [2.05, 4.69) is 5.32 Å². The molecule has 0 saturated carbocycles. The van der Waals surface area contributed by atoms with Crippen LogP contribution in [-0.2, 0) is 21.0 Å². The van der Waals surface area contributed by atoms with Crippen LogP contribution in [0.25, 0.3) is 0 Å². The van der Waals surface area contributed by atoms with Crippen LogP contribution in [-0.4, -0.2) is 32.5 Å². The Hall–Kier alpha value is -1.65. The fourth-order valence-corrected chi connectivity index (χ4v) is 3.21. The number of hydrogen-bond donors (Lipinski definition) is 3. The van der Waals surface area contributed by atoms with Gasteiger partial charge in [0.1, 0.15) is 0 Å². The molecule has 0 aliphatic heterocycles. The van der Waals surface area contributed by atoms with Gasteiger partial charge in [0.05, 0.1) is 16.5 Å². The molecule has 1 rings (SSSR count). The highest BCUT2D eigenvalue weighted by Gasteiger charge is 2.37. The van der Waals surface area contributed by atoms with Gasteiger partial charge in [0.2, 0.25) is 15.9 Å². The lowest BCUT2D eigenvalue weighted by molar-refractivity contribution is -0.139. The third-order valence-corrected chi connectivity index (χ3v) is 4.78. The van der Waals surface area contributed by atoms with Crippen molar-refractivity contribution in [1.82, 2.24) is 10.0 Å². The van der Waals surface area contributed by atoms with Crippen LogP contribution in [0.15, 0.2) is 29.2 Å². The first-order valence-electron chi connectivity index (χ1n) is 7.01. The predicted octanol–water partition coefficient (Wildman–Crippen LogP) is 1.23. The molecule has 1 aromatic rings. The summed E-state index contributed by atoms with van der Waals surface area (Å²) < 4.78 is 65.3. The number of hydrogen-bond acceptors (Lipinski definition) is 4. The molecule has 0 saturated heterocycles. The van der Waals surface area contributed by atoms with Gasteiger partial charge in [0.25, 0.3) is 0 Å². The van der Waals surface area contributed by atoms with Crippen LogP contribution < -0.4 is 15.8 Å². The van der Waals surface area contributed by atoms with Crippen molar-refractivity contribution >= 4 is 15.9 Å². The zero-order valence-corrected chi connectivity index (χ0v) is 14.3. The zero-order chi connectivity index (χ0) is 18.8. The second-order valence-corrected chi connectivity index (χ2v) is 7.60. The lowest BCUT2D eigenvalue weighted by Gasteiger charge is -2.26. The molecule has 0 spiro atoms. The largest absolute Gasteiger partial charge is 0.417 e. The summed E-state index contributed by atoms with van der Waals surface area (Å²) in [4.78, 5) is 11.1. The van der Waals surface area contributed by atoms with Gasteiger partial charge in [-0.05, 0) is 32.9 Å². The maximum absolute atomic E-state index is 13.0. The predicted molar refractivity (Wildman–Crippen MR) is 82.5 cm³/mol. The smallest absolute Gasteiger partial charge is 0.349 e. The summed E-state index contributed by atoms with van der Waals surface area (Å²) >= 11 is 0. The summed E-state index contributed by atoms with van der Waals surface area (Å²) in [5.41, 5.74) is 3.39. The van der Waals surface area contributed by atoms with Crippen molar-refractivity contribution in [3.05, 3.63) is 29.8 Å². The number of benzene rings is 1. The molecule has 1 amide bonds. The normalized spacial score (nSPS) is 14.3. The fraction of sp³-hybridized carbons (Fsp3) is 0.500. The van der Waals surface area contributed by atoms with Crippen LogP contribution in [0.1, 0.15) is 26.3 Å². The summed E-state index contributed by atoms with van der Waals surface area (Å²) in [7, 11) is -4.54. The SMILES string of the molecule is CC(NS(=O)(=O)c1ccccc1C(F)(F)F)C(=O)NC(C)(C)CN. The van der Waals surface area contributed by atoms with E-state index in [0.29, 0.717) is 6.07 Å². The first-order chi connectivity index (χ1) is 10.8. The van der Waals surface area contributed by atoms with Gasteiger partial charge in [0.15, 0.2) is 0 Å². The number of sulfonamides is 1. The minimum atomic E-state index is -4.83. The van der Waals surface area contributed by atoms with Gasteiger partial charge in [-0.1, -0.05) is 12.1 Å². The van der Waals surface area contributed by atoms with Gasteiger partial charge in [-0.25, -0.2) is 8.42 Å². The van der Waals surface area contributed by atoms with Crippen LogP contribution in [0.5, 0.6) is 0 Å². The Balaban J connectivity index is 3.05. The average molecular weight is 367 g/mol. The third kappa shape index (κ3) is 5.18. The first-order valence-corrected chi connectivity index (χ1v) is 8.49. The standard InChI is InChI=1S/C14H20F3N3O3S/c1-9(12(21)19-13(2,3)8-18)20-24(22,23)11-7-5-4-6-10(11)14(15,16)17/h4-7,9,20H,8,18H2,1-3H3,(H,19,21). The number of rotatable bonds is 6. The Kier molecular flexibility index (Phi) is 6.01. The van der Waals surface area contributed by atoms with Crippen molar-refractivity contribution < 1.29 is 26.4 Å². The van der Waals surface area contributed by atoms with Crippen LogP contribution in [0.2, 0.25) is 0 Å². The molecule has 6 nitrogen and oxygen atoms in total. The number of amides is 1. The fourth-order valence-electron chi connectivity index (χ4n) is 1.78. The molecular formula is C14H20F3N3O3S. The highest BCUT2D eigenvalue weighted by Crippen LogP contribution is 2.33. The first kappa shape index (κ1) is 20.4. The van der Waals surface area contributed by atoms with Gasteiger partial charge in [-0.2, -0.15) is 17.9 Å². The monoisotopic (exact) mass is 367 g/mol. The van der Waals surface area contributed by atoms with E-state index in [-0.39, 0.29) is 6.54 Å². The van der Waals surface area contributed by atoms with E-state index >= 15 is 0 Å². The second kappa shape index (κ2) is 7.08. The minimum Gasteiger partial charge on any atom is -0.349 e. The van der Waals surface area contributed by atoms with Gasteiger partial charge in [0, 0.05) is 12.1 Å². The van der Waals surface area contributed by atoms with Gasteiger partial charge in [-0.3, -0.25) is 4.79 Å². The Labute approximate surface area is 138 Å². The molecule has 1 aromatic carbocycles. The summed E-state index contributed by atoms with van der Waals surface area (Å²) in [5, 5.41) is 2.51. The Bertz CT molecular complexity index is 703. The van der Waals surface area contributed by atoms with E-state index in [0.717, 1.165) is 12.1 Å². The molecule has 10 heteroatoms. The molecule has 1 atom stereocenters.